The SMILES string of the molecule is CCOc1ccc2c(c1)c(=O)c(C(=O)c1ccc3c(c1)OCO3)cn2Cc1ccc(F)cc1. The van der Waals surface area contributed by atoms with Crippen molar-refractivity contribution >= 4 is 16.7 Å². The molecule has 0 radical (unpaired) electrons. The molecule has 6 nitrogen and oxygen atoms in total. The molecule has 0 aliphatic carbocycles. The van der Waals surface area contributed by atoms with Crippen LogP contribution in [-0.2, 0) is 6.54 Å². The topological polar surface area (TPSA) is 66.8 Å². The maximum Gasteiger partial charge on any atom is 0.231 e. The van der Waals surface area contributed by atoms with Gasteiger partial charge in [-0.15, -0.1) is 0 Å². The fourth-order valence-corrected chi connectivity index (χ4v) is 3.91. The van der Waals surface area contributed by atoms with Crippen LogP contribution in [0.5, 0.6) is 17.2 Å². The lowest BCUT2D eigenvalue weighted by Gasteiger charge is -2.15. The number of carbonyl (C=O) groups is 1. The monoisotopic (exact) mass is 445 g/mol. The van der Waals surface area contributed by atoms with Crippen LogP contribution in [-0.4, -0.2) is 23.8 Å². The maximum absolute atomic E-state index is 13.4. The minimum atomic E-state index is -0.421. The van der Waals surface area contributed by atoms with E-state index in [0.717, 1.165) is 5.56 Å². The Kier molecular flexibility index (Phi) is 5.30. The first-order chi connectivity index (χ1) is 16.0. The Bertz CT molecular complexity index is 1430. The molecule has 7 heteroatoms. The molecule has 0 N–H and O–H groups in total. The van der Waals surface area contributed by atoms with Crippen molar-refractivity contribution < 1.29 is 23.4 Å². The largest absolute Gasteiger partial charge is 0.494 e. The lowest BCUT2D eigenvalue weighted by atomic mass is 10.0. The fourth-order valence-electron chi connectivity index (χ4n) is 3.91. The Morgan fingerprint density at radius 3 is 2.61 bits per heavy atom. The van der Waals surface area contributed by atoms with Crippen molar-refractivity contribution in [1.29, 1.82) is 0 Å². The minimum absolute atomic E-state index is 0.0251. The molecular formula is C26H20FNO5. The second kappa shape index (κ2) is 8.43. The second-order valence-electron chi connectivity index (χ2n) is 7.64. The maximum atomic E-state index is 13.4. The van der Waals surface area contributed by atoms with E-state index < -0.39 is 5.78 Å². The first-order valence-electron chi connectivity index (χ1n) is 10.5. The first kappa shape index (κ1) is 20.8. The summed E-state index contributed by atoms with van der Waals surface area (Å²) in [5.41, 5.74) is 1.44. The number of benzene rings is 3. The number of carbonyl (C=O) groups excluding carboxylic acids is 1. The highest BCUT2D eigenvalue weighted by Gasteiger charge is 2.21. The van der Waals surface area contributed by atoms with E-state index in [1.807, 2.05) is 11.5 Å². The van der Waals surface area contributed by atoms with Crippen LogP contribution in [0.15, 0.2) is 71.7 Å². The molecule has 5 rings (SSSR count). The Balaban J connectivity index is 1.65. The van der Waals surface area contributed by atoms with E-state index in [1.54, 1.807) is 54.7 Å². The summed E-state index contributed by atoms with van der Waals surface area (Å²) in [4.78, 5) is 26.8. The van der Waals surface area contributed by atoms with Gasteiger partial charge < -0.3 is 18.8 Å². The quantitative estimate of drug-likeness (QED) is 0.408. The van der Waals surface area contributed by atoms with Gasteiger partial charge >= 0.3 is 0 Å². The van der Waals surface area contributed by atoms with E-state index in [-0.39, 0.29) is 23.6 Å². The Morgan fingerprint density at radius 2 is 1.82 bits per heavy atom. The van der Waals surface area contributed by atoms with Gasteiger partial charge in [0, 0.05) is 18.3 Å². The van der Waals surface area contributed by atoms with Crippen LogP contribution in [0.3, 0.4) is 0 Å². The van der Waals surface area contributed by atoms with E-state index in [4.69, 9.17) is 14.2 Å². The normalized spacial score (nSPS) is 12.2. The molecule has 0 saturated heterocycles. The van der Waals surface area contributed by atoms with Crippen LogP contribution >= 0.6 is 0 Å². The number of halogens is 1. The number of pyridine rings is 1. The number of nitrogens with zero attached hydrogens (tertiary/aromatic N) is 1. The molecule has 0 atom stereocenters. The lowest BCUT2D eigenvalue weighted by Crippen LogP contribution is -2.20. The number of fused-ring (bicyclic) bond motifs is 2. The van der Waals surface area contributed by atoms with Crippen molar-refractivity contribution in [1.82, 2.24) is 4.57 Å². The third kappa shape index (κ3) is 3.93. The summed E-state index contributed by atoms with van der Waals surface area (Å²) in [6, 6.07) is 16.2. The van der Waals surface area contributed by atoms with E-state index in [0.29, 0.717) is 46.9 Å². The van der Waals surface area contributed by atoms with E-state index in [9.17, 15) is 14.0 Å². The summed E-state index contributed by atoms with van der Waals surface area (Å²) in [5, 5.41) is 0.370. The predicted octanol–water partition coefficient (Wildman–Crippen LogP) is 4.55. The molecule has 1 aromatic heterocycles. The summed E-state index contributed by atoms with van der Waals surface area (Å²) < 4.78 is 31.5. The van der Waals surface area contributed by atoms with Crippen molar-refractivity contribution in [2.75, 3.05) is 13.4 Å². The highest BCUT2D eigenvalue weighted by Crippen LogP contribution is 2.33. The first-order valence-corrected chi connectivity index (χ1v) is 10.5. The van der Waals surface area contributed by atoms with Gasteiger partial charge in [-0.05, 0) is 61.0 Å². The molecule has 4 aromatic rings. The highest BCUT2D eigenvalue weighted by atomic mass is 19.1. The van der Waals surface area contributed by atoms with Crippen LogP contribution in [0.2, 0.25) is 0 Å². The van der Waals surface area contributed by atoms with Gasteiger partial charge in [-0.25, -0.2) is 4.39 Å². The standard InChI is InChI=1S/C26H20FNO5/c1-2-31-19-8-9-22-20(12-19)26(30)21(14-28(22)13-16-3-6-18(27)7-4-16)25(29)17-5-10-23-24(11-17)33-15-32-23/h3-12,14H,2,13,15H2,1H3. The highest BCUT2D eigenvalue weighted by molar-refractivity contribution is 6.10. The third-order valence-electron chi connectivity index (χ3n) is 5.51. The molecule has 3 aromatic carbocycles. The van der Waals surface area contributed by atoms with Gasteiger partial charge in [-0.1, -0.05) is 12.1 Å². The Labute approximate surface area is 188 Å². The summed E-state index contributed by atoms with van der Waals surface area (Å²) in [6.45, 7) is 2.75. The minimum Gasteiger partial charge on any atom is -0.494 e. The molecule has 166 valence electrons. The average molecular weight is 445 g/mol. The molecule has 1 aliphatic rings. The van der Waals surface area contributed by atoms with Crippen molar-refractivity contribution in [2.24, 2.45) is 0 Å². The Morgan fingerprint density at radius 1 is 1.03 bits per heavy atom. The molecule has 0 saturated carbocycles. The van der Waals surface area contributed by atoms with E-state index in [2.05, 4.69) is 0 Å². The summed E-state index contributed by atoms with van der Waals surface area (Å²) in [6.07, 6.45) is 1.56. The van der Waals surface area contributed by atoms with Crippen molar-refractivity contribution in [2.45, 2.75) is 13.5 Å². The molecule has 0 fully saturated rings. The number of ether oxygens (including phenoxy) is 3. The van der Waals surface area contributed by atoms with Gasteiger partial charge in [-0.3, -0.25) is 9.59 Å². The second-order valence-corrected chi connectivity index (χ2v) is 7.64. The van der Waals surface area contributed by atoms with E-state index >= 15 is 0 Å². The number of ketones is 1. The smallest absolute Gasteiger partial charge is 0.231 e. The zero-order valence-electron chi connectivity index (χ0n) is 17.8. The zero-order valence-corrected chi connectivity index (χ0v) is 17.8. The van der Waals surface area contributed by atoms with Crippen molar-refractivity contribution in [3.8, 4) is 17.2 Å². The number of hydrogen-bond donors (Lipinski definition) is 0. The van der Waals surface area contributed by atoms with Crippen LogP contribution in [0, 0.1) is 5.82 Å². The zero-order chi connectivity index (χ0) is 22.9. The van der Waals surface area contributed by atoms with Crippen molar-refractivity contribution in [3.05, 3.63) is 99.6 Å². The molecular weight excluding hydrogens is 425 g/mol. The van der Waals surface area contributed by atoms with Gasteiger partial charge in [0.2, 0.25) is 12.2 Å². The van der Waals surface area contributed by atoms with Gasteiger partial charge in [0.15, 0.2) is 17.3 Å². The predicted molar refractivity (Wildman–Crippen MR) is 121 cm³/mol. The lowest BCUT2D eigenvalue weighted by molar-refractivity contribution is 0.103. The molecule has 2 heterocycles. The molecule has 0 unspecified atom stereocenters. The number of aromatic nitrogens is 1. The van der Waals surface area contributed by atoms with Crippen LogP contribution in [0.4, 0.5) is 4.39 Å². The number of rotatable bonds is 6. The summed E-state index contributed by atoms with van der Waals surface area (Å²) in [7, 11) is 0. The number of hydrogen-bond acceptors (Lipinski definition) is 5. The summed E-state index contributed by atoms with van der Waals surface area (Å²) >= 11 is 0. The fraction of sp³-hybridized carbons (Fsp3) is 0.154. The molecule has 1 aliphatic heterocycles. The average Bonchev–Trinajstić information content (AvgIpc) is 3.30. The van der Waals surface area contributed by atoms with Crippen LogP contribution in [0.1, 0.15) is 28.4 Å². The van der Waals surface area contributed by atoms with E-state index in [1.165, 1.54) is 12.1 Å². The van der Waals surface area contributed by atoms with Gasteiger partial charge in [0.05, 0.1) is 23.1 Å². The van der Waals surface area contributed by atoms with Gasteiger partial charge in [-0.2, -0.15) is 0 Å². The molecule has 0 bridgehead atoms. The van der Waals surface area contributed by atoms with Crippen LogP contribution in [0.25, 0.3) is 10.9 Å². The van der Waals surface area contributed by atoms with Crippen molar-refractivity contribution in [3.63, 3.8) is 0 Å². The molecule has 33 heavy (non-hydrogen) atoms. The van der Waals surface area contributed by atoms with Gasteiger partial charge in [0.25, 0.3) is 0 Å². The van der Waals surface area contributed by atoms with Crippen LogP contribution < -0.4 is 19.6 Å². The Hall–Kier alpha value is -4.13. The third-order valence-corrected chi connectivity index (χ3v) is 5.51. The summed E-state index contributed by atoms with van der Waals surface area (Å²) in [5.74, 6) is 0.813. The molecule has 0 amide bonds. The van der Waals surface area contributed by atoms with Gasteiger partial charge in [0.1, 0.15) is 11.6 Å². The molecule has 0 spiro atoms.